The molecule has 0 aromatic heterocycles. The number of benzene rings is 3. The summed E-state index contributed by atoms with van der Waals surface area (Å²) in [5, 5.41) is 19.9. The smallest absolute Gasteiger partial charge is 0.338 e. The lowest BCUT2D eigenvalue weighted by Gasteiger charge is -2.20. The van der Waals surface area contributed by atoms with E-state index < -0.39 is 12.3 Å². The molecule has 0 aliphatic carbocycles. The van der Waals surface area contributed by atoms with Gasteiger partial charge in [0.25, 0.3) is 0 Å². The summed E-state index contributed by atoms with van der Waals surface area (Å²) in [4.78, 5) is 12.6. The number of hydrogen-bond donors (Lipinski definition) is 2. The minimum absolute atomic E-state index is 0.00778. The van der Waals surface area contributed by atoms with E-state index in [9.17, 15) is 15.0 Å². The minimum Gasteiger partial charge on any atom is -0.461 e. The van der Waals surface area contributed by atoms with Crippen LogP contribution in [0.2, 0.25) is 0 Å². The molecule has 0 saturated carbocycles. The lowest BCUT2D eigenvalue weighted by Crippen LogP contribution is -2.17. The first kappa shape index (κ1) is 31.9. The van der Waals surface area contributed by atoms with Gasteiger partial charge in [0.2, 0.25) is 6.29 Å². The third-order valence-electron chi connectivity index (χ3n) is 7.11. The van der Waals surface area contributed by atoms with E-state index in [1.807, 2.05) is 6.07 Å². The van der Waals surface area contributed by atoms with E-state index in [1.165, 1.54) is 24.8 Å². The molecule has 1 atom stereocenters. The van der Waals surface area contributed by atoms with Gasteiger partial charge in [-0.15, -0.1) is 0 Å². The molecule has 5 nitrogen and oxygen atoms in total. The number of aliphatic hydroxyl groups excluding tert-OH is 2. The molecule has 3 rings (SSSR count). The summed E-state index contributed by atoms with van der Waals surface area (Å²) < 4.78 is 11.7. The predicted octanol–water partition coefficient (Wildman–Crippen LogP) is 8.00. The Bertz CT molecular complexity index is 1350. The molecule has 0 radical (unpaired) electrons. The zero-order chi connectivity index (χ0) is 29.9. The maximum atomic E-state index is 12.6. The number of hydrogen-bond acceptors (Lipinski definition) is 5. The SMILES string of the molecule is C=C(C)C(=O)Oc1cc(CCCO)c(OC(O)C(=C)C)cc1-c1ccc(-c2ccc(CCCCC)cc2)c(CC)c1. The van der Waals surface area contributed by atoms with E-state index >= 15 is 0 Å². The highest BCUT2D eigenvalue weighted by Crippen LogP contribution is 2.40. The fourth-order valence-corrected chi connectivity index (χ4v) is 4.66. The Morgan fingerprint density at radius 3 is 2.15 bits per heavy atom. The largest absolute Gasteiger partial charge is 0.461 e. The van der Waals surface area contributed by atoms with Crippen molar-refractivity contribution in [1.29, 1.82) is 0 Å². The molecule has 0 saturated heterocycles. The van der Waals surface area contributed by atoms with Crippen molar-refractivity contribution >= 4 is 5.97 Å². The maximum absolute atomic E-state index is 12.6. The molecule has 0 bridgehead atoms. The van der Waals surface area contributed by atoms with E-state index in [0.29, 0.717) is 41.0 Å². The summed E-state index contributed by atoms with van der Waals surface area (Å²) in [7, 11) is 0. The summed E-state index contributed by atoms with van der Waals surface area (Å²) in [6.07, 6.45) is 5.33. The first-order valence-electron chi connectivity index (χ1n) is 14.6. The van der Waals surface area contributed by atoms with Gasteiger partial charge >= 0.3 is 5.97 Å². The van der Waals surface area contributed by atoms with E-state index in [0.717, 1.165) is 35.1 Å². The van der Waals surface area contributed by atoms with Crippen LogP contribution in [0.1, 0.15) is 70.1 Å². The maximum Gasteiger partial charge on any atom is 0.338 e. The monoisotopic (exact) mass is 556 g/mol. The van der Waals surface area contributed by atoms with Crippen molar-refractivity contribution in [3.05, 3.63) is 95.6 Å². The molecule has 0 aliphatic rings. The van der Waals surface area contributed by atoms with E-state index in [4.69, 9.17) is 9.47 Å². The van der Waals surface area contributed by atoms with Gasteiger partial charge in [0.1, 0.15) is 11.5 Å². The van der Waals surface area contributed by atoms with Gasteiger partial charge < -0.3 is 19.7 Å². The standard InChI is InChI=1S/C36H44O5/c1-7-9-10-12-26-14-16-28(17-15-26)31-19-18-29(21-27(31)8-2)32-23-33(40-35(38)24(3)4)30(13-11-20-37)22-34(32)41-36(39)25(5)6/h14-19,21-23,35,37-38H,3,5,7-13,20H2,1-2,4,6H3. The van der Waals surface area contributed by atoms with Gasteiger partial charge in [0.15, 0.2) is 0 Å². The fraction of sp³-hybridized carbons (Fsp3) is 0.361. The molecule has 3 aromatic carbocycles. The molecule has 0 spiro atoms. The highest BCUT2D eigenvalue weighted by Gasteiger charge is 2.20. The first-order valence-corrected chi connectivity index (χ1v) is 14.6. The number of rotatable bonds is 15. The Hall–Kier alpha value is -3.67. The Balaban J connectivity index is 2.09. The molecule has 41 heavy (non-hydrogen) atoms. The van der Waals surface area contributed by atoms with Crippen LogP contribution in [-0.4, -0.2) is 29.1 Å². The molecule has 0 heterocycles. The van der Waals surface area contributed by atoms with Crippen molar-refractivity contribution in [3.8, 4) is 33.8 Å². The van der Waals surface area contributed by atoms with Gasteiger partial charge in [-0.05, 0) is 97.0 Å². The van der Waals surface area contributed by atoms with Crippen LogP contribution in [-0.2, 0) is 24.1 Å². The van der Waals surface area contributed by atoms with Crippen molar-refractivity contribution in [1.82, 2.24) is 0 Å². The van der Waals surface area contributed by atoms with Crippen LogP contribution in [0, 0.1) is 0 Å². The Kier molecular flexibility index (Phi) is 11.9. The highest BCUT2D eigenvalue weighted by molar-refractivity contribution is 5.90. The van der Waals surface area contributed by atoms with E-state index in [2.05, 4.69) is 63.4 Å². The lowest BCUT2D eigenvalue weighted by molar-refractivity contribution is -0.130. The van der Waals surface area contributed by atoms with E-state index in [-0.39, 0.29) is 12.2 Å². The molecule has 2 N–H and O–H groups in total. The van der Waals surface area contributed by atoms with Crippen molar-refractivity contribution in [2.45, 2.75) is 78.9 Å². The third kappa shape index (κ3) is 8.66. The number of carbonyl (C=O) groups is 1. The molecule has 0 amide bonds. The number of aliphatic hydroxyl groups is 2. The summed E-state index contributed by atoms with van der Waals surface area (Å²) in [6.45, 7) is 15.1. The van der Waals surface area contributed by atoms with Gasteiger partial charge in [0.05, 0.1) is 0 Å². The van der Waals surface area contributed by atoms with Gasteiger partial charge in [-0.1, -0.05) is 82.3 Å². The number of unbranched alkanes of at least 4 members (excludes halogenated alkanes) is 2. The molecular weight excluding hydrogens is 512 g/mol. The van der Waals surface area contributed by atoms with Crippen LogP contribution in [0.25, 0.3) is 22.3 Å². The number of esters is 1. The lowest BCUT2D eigenvalue weighted by atomic mass is 9.92. The summed E-state index contributed by atoms with van der Waals surface area (Å²) in [6, 6.07) is 18.6. The van der Waals surface area contributed by atoms with Gasteiger partial charge in [-0.25, -0.2) is 4.79 Å². The van der Waals surface area contributed by atoms with Gasteiger partial charge in [0, 0.05) is 17.7 Å². The van der Waals surface area contributed by atoms with Crippen molar-refractivity contribution in [3.63, 3.8) is 0 Å². The average molecular weight is 557 g/mol. The Labute approximate surface area is 245 Å². The second kappa shape index (κ2) is 15.4. The van der Waals surface area contributed by atoms with Crippen LogP contribution in [0.4, 0.5) is 0 Å². The molecular formula is C36H44O5. The van der Waals surface area contributed by atoms with Crippen LogP contribution in [0.5, 0.6) is 11.5 Å². The number of carbonyl (C=O) groups excluding carboxylic acids is 1. The second-order valence-electron chi connectivity index (χ2n) is 10.6. The summed E-state index contributed by atoms with van der Waals surface area (Å²) >= 11 is 0. The van der Waals surface area contributed by atoms with Crippen LogP contribution in [0.15, 0.2) is 78.9 Å². The Morgan fingerprint density at radius 1 is 0.829 bits per heavy atom. The quantitative estimate of drug-likeness (QED) is 0.0495. The molecule has 218 valence electrons. The number of aryl methyl sites for hydroxylation is 3. The third-order valence-corrected chi connectivity index (χ3v) is 7.11. The normalized spacial score (nSPS) is 11.7. The van der Waals surface area contributed by atoms with Gasteiger partial charge in [-0.3, -0.25) is 0 Å². The number of ether oxygens (including phenoxy) is 2. The average Bonchev–Trinajstić information content (AvgIpc) is 2.96. The van der Waals surface area contributed by atoms with Crippen molar-refractivity contribution < 1.29 is 24.5 Å². The van der Waals surface area contributed by atoms with Crippen LogP contribution < -0.4 is 9.47 Å². The summed E-state index contributed by atoms with van der Waals surface area (Å²) in [5.41, 5.74) is 7.80. The fourth-order valence-electron chi connectivity index (χ4n) is 4.66. The minimum atomic E-state index is -1.20. The second-order valence-corrected chi connectivity index (χ2v) is 10.6. The van der Waals surface area contributed by atoms with Crippen LogP contribution in [0.3, 0.4) is 0 Å². The molecule has 3 aromatic rings. The molecule has 5 heteroatoms. The Morgan fingerprint density at radius 2 is 1.54 bits per heavy atom. The molecule has 1 unspecified atom stereocenters. The predicted molar refractivity (Wildman–Crippen MR) is 167 cm³/mol. The van der Waals surface area contributed by atoms with Crippen molar-refractivity contribution in [2.24, 2.45) is 0 Å². The first-order chi connectivity index (χ1) is 19.7. The van der Waals surface area contributed by atoms with E-state index in [1.54, 1.807) is 26.0 Å². The molecule has 0 fully saturated rings. The topological polar surface area (TPSA) is 76.0 Å². The molecule has 0 aliphatic heterocycles. The van der Waals surface area contributed by atoms with Crippen LogP contribution >= 0.6 is 0 Å². The summed E-state index contributed by atoms with van der Waals surface area (Å²) in [5.74, 6) is 0.288. The van der Waals surface area contributed by atoms with Crippen molar-refractivity contribution in [2.75, 3.05) is 6.61 Å². The highest BCUT2D eigenvalue weighted by atomic mass is 16.6. The zero-order valence-corrected chi connectivity index (χ0v) is 25.0. The zero-order valence-electron chi connectivity index (χ0n) is 25.0. The van der Waals surface area contributed by atoms with Gasteiger partial charge in [-0.2, -0.15) is 0 Å².